The van der Waals surface area contributed by atoms with E-state index < -0.39 is 17.8 Å². The molecule has 2 amide bonds. The number of rotatable bonds is 11. The number of carbonyl (C=O) groups excluding carboxylic acids is 2. The van der Waals surface area contributed by atoms with E-state index in [1.54, 1.807) is 18.2 Å². The lowest BCUT2D eigenvalue weighted by Crippen LogP contribution is -2.28. The first kappa shape index (κ1) is 66.0. The number of thiocarbonyl (C=S) groups is 1. The minimum atomic E-state index is -0.569. The fourth-order valence-electron chi connectivity index (χ4n) is 8.37. The van der Waals surface area contributed by atoms with Crippen LogP contribution < -0.4 is 30.7 Å². The van der Waals surface area contributed by atoms with Crippen LogP contribution in [-0.4, -0.2) is 69.5 Å². The number of nitrogens with one attached hydrogen (secondary N) is 3. The van der Waals surface area contributed by atoms with Crippen LogP contribution in [0.1, 0.15) is 142 Å². The zero-order valence-corrected chi connectivity index (χ0v) is 52.8. The van der Waals surface area contributed by atoms with Gasteiger partial charge in [0.1, 0.15) is 28.9 Å². The van der Waals surface area contributed by atoms with Crippen molar-refractivity contribution >= 4 is 91.3 Å². The molecule has 0 spiro atoms. The van der Waals surface area contributed by atoms with Crippen molar-refractivity contribution in [3.8, 4) is 0 Å². The largest absolute Gasteiger partial charge is 0.449 e. The van der Waals surface area contributed by atoms with Gasteiger partial charge in [0.05, 0.1) is 51.4 Å². The highest BCUT2D eigenvalue weighted by Gasteiger charge is 2.25. The Balaban J connectivity index is 0.000000250. The van der Waals surface area contributed by atoms with E-state index in [0.29, 0.717) is 46.4 Å². The minimum absolute atomic E-state index is 0.233. The molecule has 5 heterocycles. The van der Waals surface area contributed by atoms with E-state index in [1.165, 1.54) is 17.8 Å². The van der Waals surface area contributed by atoms with Crippen molar-refractivity contribution in [3.63, 3.8) is 0 Å². The van der Waals surface area contributed by atoms with Crippen LogP contribution in [0.4, 0.5) is 64.4 Å². The standard InChI is InChI=1S/C21H26FN3O2.C20H25FN4O2.C16H22BrN3S.C5H12/c1-13-11-18(23-14(2)19(13)24-20(26)27-21(3,4)5)25-10-6-7-15-8-9-16(22)12-17(15)25;1-12(2)11-27-20(26)24-18-13(3)22-19(23-14(18)4)25-9-5-6-15-10-16(21)7-8-17(15)25;1-6-14(8-7-11(2)17)20(5)16-10-9-15(12(3)18-16)19-13(4)21;1-5(2,3)4/h8-9,11-12H,6-7,10H2,1-5H3,(H,24,26);7-8,10,12H,5-6,9,11H2,1-4H3,(H,24,26);7-10H,6H2,1-5H3,(H,19,21);1-4H3/b;;11-7+,14-8+;. The number of anilines is 8. The number of allylic oxidation sites excluding steroid dienone is 4. The molecule has 14 nitrogen and oxygen atoms in total. The number of hydrogen-bond donors (Lipinski definition) is 3. The molecule has 3 N–H and O–H groups in total. The zero-order chi connectivity index (χ0) is 59.8. The van der Waals surface area contributed by atoms with Gasteiger partial charge in [-0.2, -0.15) is 0 Å². The third-order valence-corrected chi connectivity index (χ3v) is 12.3. The monoisotopic (exact) mass is 1180 g/mol. The number of pyridine rings is 2. The number of aryl methyl sites for hydroxylation is 7. The average molecular weight is 1180 g/mol. The summed E-state index contributed by atoms with van der Waals surface area (Å²) in [5, 5.41) is 8.67. The SMILES string of the molecule is CC(C)(C)C.CC/C(=C\C=C(/C)Br)N(C)c1ccc(NC(C)=S)c(C)n1.Cc1cc(N2CCCc3ccc(F)cc32)nc(C)c1NC(=O)OC(C)(C)C.Cc1nc(N2CCCc3cc(F)ccc32)nc(C)c1NC(=O)OCC(C)C. The van der Waals surface area contributed by atoms with Gasteiger partial charge in [0.2, 0.25) is 5.95 Å². The summed E-state index contributed by atoms with van der Waals surface area (Å²) in [4.78, 5) is 49.4. The molecule has 434 valence electrons. The Hall–Kier alpha value is -6.53. The first-order chi connectivity index (χ1) is 37.3. The first-order valence-corrected chi connectivity index (χ1v) is 28.4. The number of carbonyl (C=O) groups is 2. The van der Waals surface area contributed by atoms with E-state index in [0.717, 1.165) is 106 Å². The second-order valence-corrected chi connectivity index (χ2v) is 24.8. The molecular formula is C62H85BrF2N10O4S. The Kier molecular flexibility index (Phi) is 24.6. The van der Waals surface area contributed by atoms with E-state index in [2.05, 4.69) is 97.4 Å². The smallest absolute Gasteiger partial charge is 0.412 e. The Morgan fingerprint density at radius 2 is 1.31 bits per heavy atom. The van der Waals surface area contributed by atoms with Gasteiger partial charge in [-0.15, -0.1) is 0 Å². The maximum Gasteiger partial charge on any atom is 0.412 e. The van der Waals surface area contributed by atoms with Crippen molar-refractivity contribution < 1.29 is 27.8 Å². The molecule has 2 aliphatic heterocycles. The second-order valence-electron chi connectivity index (χ2n) is 22.9. The third kappa shape index (κ3) is 21.2. The van der Waals surface area contributed by atoms with E-state index in [1.807, 2.05) is 130 Å². The molecule has 0 aliphatic carbocycles. The summed E-state index contributed by atoms with van der Waals surface area (Å²) >= 11 is 8.51. The van der Waals surface area contributed by atoms with Crippen LogP contribution in [-0.2, 0) is 22.3 Å². The number of aromatic nitrogens is 4. The summed E-state index contributed by atoms with van der Waals surface area (Å²) < 4.78 is 38.9. The first-order valence-electron chi connectivity index (χ1n) is 27.2. The summed E-state index contributed by atoms with van der Waals surface area (Å²) in [5.74, 6) is 2.01. The van der Waals surface area contributed by atoms with Gasteiger partial charge < -0.3 is 29.5 Å². The highest BCUT2D eigenvalue weighted by molar-refractivity contribution is 9.11. The van der Waals surface area contributed by atoms with Gasteiger partial charge in [-0.25, -0.2) is 38.3 Å². The van der Waals surface area contributed by atoms with Gasteiger partial charge >= 0.3 is 12.2 Å². The summed E-state index contributed by atoms with van der Waals surface area (Å²) in [6.45, 7) is 35.5. The van der Waals surface area contributed by atoms with Crippen LogP contribution >= 0.6 is 28.1 Å². The van der Waals surface area contributed by atoms with Gasteiger partial charge in [0, 0.05) is 37.2 Å². The van der Waals surface area contributed by atoms with Crippen molar-refractivity contribution in [2.45, 2.75) is 155 Å². The molecular weight excluding hydrogens is 1100 g/mol. The molecule has 80 heavy (non-hydrogen) atoms. The van der Waals surface area contributed by atoms with Gasteiger partial charge in [-0.3, -0.25) is 10.6 Å². The van der Waals surface area contributed by atoms with Gasteiger partial charge in [0.25, 0.3) is 0 Å². The minimum Gasteiger partial charge on any atom is -0.449 e. The summed E-state index contributed by atoms with van der Waals surface area (Å²) in [6, 6.07) is 15.6. The van der Waals surface area contributed by atoms with Crippen molar-refractivity contribution in [3.05, 3.63) is 128 Å². The molecule has 5 aromatic rings. The lowest BCUT2D eigenvalue weighted by atomic mass is 10.0. The number of ether oxygens (including phenoxy) is 2. The highest BCUT2D eigenvalue weighted by Crippen LogP contribution is 2.36. The predicted molar refractivity (Wildman–Crippen MR) is 334 cm³/mol. The quantitative estimate of drug-likeness (QED) is 0.0851. The van der Waals surface area contributed by atoms with Crippen molar-refractivity contribution in [2.24, 2.45) is 11.3 Å². The highest BCUT2D eigenvalue weighted by atomic mass is 79.9. The van der Waals surface area contributed by atoms with Crippen LogP contribution in [0.2, 0.25) is 0 Å². The molecule has 0 radical (unpaired) electrons. The molecule has 0 saturated heterocycles. The van der Waals surface area contributed by atoms with Crippen molar-refractivity contribution in [1.29, 1.82) is 0 Å². The molecule has 0 saturated carbocycles. The van der Waals surface area contributed by atoms with E-state index in [9.17, 15) is 18.4 Å². The van der Waals surface area contributed by atoms with Crippen LogP contribution in [0.3, 0.4) is 0 Å². The Labute approximate surface area is 488 Å². The Morgan fingerprint density at radius 3 is 1.88 bits per heavy atom. The van der Waals surface area contributed by atoms with E-state index in [-0.39, 0.29) is 17.6 Å². The molecule has 0 unspecified atom stereocenters. The van der Waals surface area contributed by atoms with Crippen LogP contribution in [0.15, 0.2) is 76.9 Å². The Morgan fingerprint density at radius 1 is 0.738 bits per heavy atom. The number of halogens is 3. The molecule has 3 aromatic heterocycles. The summed E-state index contributed by atoms with van der Waals surface area (Å²) in [5.41, 5.74) is 11.0. The fraction of sp³-hybridized carbons (Fsp3) is 0.468. The van der Waals surface area contributed by atoms with Gasteiger partial charge in [-0.1, -0.05) is 88.8 Å². The number of nitrogens with zero attached hydrogens (tertiary/aromatic N) is 7. The van der Waals surface area contributed by atoms with Crippen molar-refractivity contribution in [1.82, 2.24) is 19.9 Å². The average Bonchev–Trinajstić information content (AvgIpc) is 3.37. The van der Waals surface area contributed by atoms with Crippen LogP contribution in [0.25, 0.3) is 0 Å². The normalized spacial score (nSPS) is 13.2. The summed E-state index contributed by atoms with van der Waals surface area (Å²) in [6.07, 6.45) is 7.73. The third-order valence-electron chi connectivity index (χ3n) is 11.9. The zero-order valence-electron chi connectivity index (χ0n) is 50.4. The molecule has 2 aliphatic rings. The van der Waals surface area contributed by atoms with Crippen molar-refractivity contribution in [2.75, 3.05) is 57.4 Å². The molecule has 0 fully saturated rings. The number of hydrogen-bond acceptors (Lipinski definition) is 12. The van der Waals surface area contributed by atoms with Crippen LogP contribution in [0, 0.1) is 57.6 Å². The van der Waals surface area contributed by atoms with Crippen LogP contribution in [0.5, 0.6) is 0 Å². The molecule has 0 atom stereocenters. The molecule has 0 bridgehead atoms. The topological polar surface area (TPSA) is 150 Å². The summed E-state index contributed by atoms with van der Waals surface area (Å²) in [7, 11) is 2.03. The lowest BCUT2D eigenvalue weighted by Gasteiger charge is -2.31. The molecule has 18 heteroatoms. The maximum atomic E-state index is 13.8. The fourth-order valence-corrected chi connectivity index (χ4v) is 8.61. The van der Waals surface area contributed by atoms with Gasteiger partial charge in [0.15, 0.2) is 0 Å². The molecule has 2 aromatic carbocycles. The predicted octanol–water partition coefficient (Wildman–Crippen LogP) is 17.0. The maximum absolute atomic E-state index is 13.8. The Bertz CT molecular complexity index is 2970. The number of amides is 2. The molecule has 7 rings (SSSR count). The number of benzene rings is 2. The second kappa shape index (κ2) is 29.8. The number of fused-ring (bicyclic) bond motifs is 2. The van der Waals surface area contributed by atoms with E-state index in [4.69, 9.17) is 21.7 Å². The lowest BCUT2D eigenvalue weighted by molar-refractivity contribution is 0.0635. The van der Waals surface area contributed by atoms with E-state index >= 15 is 0 Å². The van der Waals surface area contributed by atoms with Gasteiger partial charge in [-0.05, 0) is 188 Å².